The van der Waals surface area contributed by atoms with Gasteiger partial charge in [-0.15, -0.1) is 0 Å². The molecule has 5 fully saturated rings. The number of esters is 2. The van der Waals surface area contributed by atoms with Crippen molar-refractivity contribution in [3.8, 4) is 0 Å². The quantitative estimate of drug-likeness (QED) is 0.145. The Labute approximate surface area is 295 Å². The minimum atomic E-state index is -0.560. The maximum Gasteiger partial charge on any atom is 0.312 e. The molecule has 6 rings (SSSR count). The molecule has 0 aromatic carbocycles. The highest BCUT2D eigenvalue weighted by Crippen LogP contribution is 2.77. The van der Waals surface area contributed by atoms with Crippen LogP contribution >= 0.6 is 0 Å². The first-order chi connectivity index (χ1) is 23.1. The number of imidazole rings is 1. The summed E-state index contributed by atoms with van der Waals surface area (Å²) in [5.74, 6) is 1.54. The molecule has 11 atom stereocenters. The van der Waals surface area contributed by atoms with Gasteiger partial charge in [0.05, 0.1) is 43.4 Å². The third kappa shape index (κ3) is 5.55. The summed E-state index contributed by atoms with van der Waals surface area (Å²) in [4.78, 5) is 31.5. The van der Waals surface area contributed by atoms with E-state index in [-0.39, 0.29) is 70.3 Å². The smallest absolute Gasteiger partial charge is 0.312 e. The molecular weight excluding hydrogens is 616 g/mol. The number of rotatable bonds is 11. The monoisotopic (exact) mass is 680 g/mol. The van der Waals surface area contributed by atoms with Gasteiger partial charge in [0.2, 0.25) is 0 Å². The van der Waals surface area contributed by atoms with E-state index >= 15 is 0 Å². The Balaban J connectivity index is 1.23. The van der Waals surface area contributed by atoms with E-state index in [4.69, 9.17) is 14.2 Å². The minimum absolute atomic E-state index is 0.0206. The molecule has 2 heterocycles. The van der Waals surface area contributed by atoms with Crippen LogP contribution in [0.1, 0.15) is 125 Å². The van der Waals surface area contributed by atoms with Crippen LogP contribution in [0.15, 0.2) is 24.5 Å². The molecule has 8 nitrogen and oxygen atoms in total. The van der Waals surface area contributed by atoms with E-state index in [0.717, 1.165) is 82.2 Å². The predicted molar refractivity (Wildman–Crippen MR) is 189 cm³/mol. The highest BCUT2D eigenvalue weighted by Gasteiger charge is 2.76. The molecule has 4 aliphatic carbocycles. The molecule has 1 aromatic heterocycles. The summed E-state index contributed by atoms with van der Waals surface area (Å²) in [6.07, 6.45) is 13.2. The zero-order valence-electron chi connectivity index (χ0n) is 31.7. The number of allylic oxidation sites excluding steroid dienone is 1. The number of aromatic nitrogens is 2. The van der Waals surface area contributed by atoms with E-state index in [1.165, 1.54) is 7.11 Å². The number of fused-ring (bicyclic) bond motifs is 7. The standard InChI is InChI=1S/C41H64N2O6/c1-10-32-42-20-22-43(32)21-12-11-13-23-48-36(46)41-17-14-27(26(2)3)34(41)28-24-29(44)35-39(7,38(28,6)18-19-41)16-15-30-37(4,5)49-31(40(30,35)8)25-33(45)47-9/h20,22,27-31,34-35,44H,2,10-19,21,23-25H2,1,3-9H3/t27-,28+,29+,30?,31?,34+,35-,38+,39+,40+,41-/m0/s1. The molecule has 4 saturated carbocycles. The Bertz CT molecular complexity index is 1420. The van der Waals surface area contributed by atoms with Crippen molar-refractivity contribution in [3.05, 3.63) is 30.4 Å². The Hall–Kier alpha value is -2.19. The van der Waals surface area contributed by atoms with E-state index in [1.54, 1.807) is 0 Å². The van der Waals surface area contributed by atoms with Gasteiger partial charge in [0.25, 0.3) is 0 Å². The fourth-order valence-electron chi connectivity index (χ4n) is 13.2. The maximum absolute atomic E-state index is 14.4. The summed E-state index contributed by atoms with van der Waals surface area (Å²) in [6.45, 7) is 21.6. The van der Waals surface area contributed by atoms with Crippen LogP contribution in [-0.4, -0.2) is 58.1 Å². The van der Waals surface area contributed by atoms with Crippen molar-refractivity contribution in [2.45, 2.75) is 150 Å². The predicted octanol–water partition coefficient (Wildman–Crippen LogP) is 7.71. The third-order valence-electron chi connectivity index (χ3n) is 15.6. The first kappa shape index (κ1) is 36.6. The average molecular weight is 681 g/mol. The zero-order chi connectivity index (χ0) is 35.6. The van der Waals surface area contributed by atoms with Crippen molar-refractivity contribution in [2.24, 2.45) is 51.2 Å². The molecule has 0 spiro atoms. The number of aliphatic hydroxyl groups is 1. The second kappa shape index (κ2) is 13.1. The maximum atomic E-state index is 14.4. The molecule has 274 valence electrons. The van der Waals surface area contributed by atoms with Crippen LogP contribution in [0.4, 0.5) is 0 Å². The fraction of sp³-hybridized carbons (Fsp3) is 0.829. The lowest BCUT2D eigenvalue weighted by Crippen LogP contribution is -2.69. The van der Waals surface area contributed by atoms with Gasteiger partial charge in [-0.2, -0.15) is 0 Å². The third-order valence-corrected chi connectivity index (χ3v) is 15.6. The SMILES string of the molecule is C=C(C)[C@@H]1CC[C@]2(C(=O)OCCCCCn3ccnc3CC)CC[C@]3(C)[C@H](C[C@@H](O)[C@@H]4[C@@]5(C)C(CC(=O)OC)OC(C)(C)C5CC[C@]43C)[C@@H]12. The number of aliphatic hydroxyl groups excluding tert-OH is 1. The summed E-state index contributed by atoms with van der Waals surface area (Å²) in [5.41, 5.74) is -0.446. The van der Waals surface area contributed by atoms with Crippen LogP contribution < -0.4 is 0 Å². The molecule has 8 heteroatoms. The number of nitrogens with zero attached hydrogens (tertiary/aromatic N) is 2. The van der Waals surface area contributed by atoms with Gasteiger partial charge in [-0.25, -0.2) is 4.98 Å². The number of aryl methyl sites for hydroxylation is 2. The van der Waals surface area contributed by atoms with Gasteiger partial charge in [-0.1, -0.05) is 39.8 Å². The molecule has 1 aliphatic heterocycles. The van der Waals surface area contributed by atoms with Gasteiger partial charge >= 0.3 is 11.9 Å². The highest BCUT2D eigenvalue weighted by atomic mass is 16.5. The number of unbranched alkanes of at least 4 members (excludes halogenated alkanes) is 2. The average Bonchev–Trinajstić information content (AvgIpc) is 3.72. The molecule has 1 aromatic rings. The van der Waals surface area contributed by atoms with Gasteiger partial charge in [-0.3, -0.25) is 9.59 Å². The topological polar surface area (TPSA) is 99.9 Å². The van der Waals surface area contributed by atoms with E-state index in [0.29, 0.717) is 13.0 Å². The number of carbonyl (C=O) groups is 2. The minimum Gasteiger partial charge on any atom is -0.469 e. The van der Waals surface area contributed by atoms with Crippen LogP contribution in [0.3, 0.4) is 0 Å². The van der Waals surface area contributed by atoms with E-state index in [1.807, 2.05) is 12.4 Å². The molecule has 0 radical (unpaired) electrons. The fourth-order valence-corrected chi connectivity index (χ4v) is 13.2. The van der Waals surface area contributed by atoms with Crippen LogP contribution in [0, 0.1) is 51.2 Å². The van der Waals surface area contributed by atoms with E-state index in [2.05, 4.69) is 64.6 Å². The number of hydrogen-bond acceptors (Lipinski definition) is 7. The molecule has 5 aliphatic rings. The molecular formula is C41H64N2O6. The largest absolute Gasteiger partial charge is 0.469 e. The molecule has 0 bridgehead atoms. The second-order valence-corrected chi connectivity index (χ2v) is 17.9. The second-order valence-electron chi connectivity index (χ2n) is 17.9. The van der Waals surface area contributed by atoms with Crippen molar-refractivity contribution >= 4 is 11.9 Å². The molecule has 1 N–H and O–H groups in total. The molecule has 49 heavy (non-hydrogen) atoms. The van der Waals surface area contributed by atoms with Crippen LogP contribution in [-0.2, 0) is 36.8 Å². The van der Waals surface area contributed by atoms with Crippen LogP contribution in [0.2, 0.25) is 0 Å². The van der Waals surface area contributed by atoms with Crippen molar-refractivity contribution in [1.29, 1.82) is 0 Å². The Morgan fingerprint density at radius 2 is 1.82 bits per heavy atom. The number of methoxy groups -OCH3 is 1. The van der Waals surface area contributed by atoms with Crippen LogP contribution in [0.25, 0.3) is 0 Å². The zero-order valence-corrected chi connectivity index (χ0v) is 31.7. The Morgan fingerprint density at radius 1 is 1.06 bits per heavy atom. The van der Waals surface area contributed by atoms with Crippen molar-refractivity contribution < 1.29 is 28.9 Å². The summed E-state index contributed by atoms with van der Waals surface area (Å²) >= 11 is 0. The first-order valence-electron chi connectivity index (χ1n) is 19.4. The van der Waals surface area contributed by atoms with Crippen LogP contribution in [0.5, 0.6) is 0 Å². The van der Waals surface area contributed by atoms with Gasteiger partial charge in [0, 0.05) is 30.8 Å². The summed E-state index contributed by atoms with van der Waals surface area (Å²) < 4.78 is 20.3. The van der Waals surface area contributed by atoms with Gasteiger partial charge < -0.3 is 23.9 Å². The summed E-state index contributed by atoms with van der Waals surface area (Å²) in [7, 11) is 1.44. The van der Waals surface area contributed by atoms with E-state index in [9.17, 15) is 14.7 Å². The van der Waals surface area contributed by atoms with Crippen molar-refractivity contribution in [1.82, 2.24) is 9.55 Å². The lowest BCUT2D eigenvalue weighted by atomic mass is 9.33. The van der Waals surface area contributed by atoms with Gasteiger partial charge in [-0.05, 0) is 125 Å². The number of carbonyl (C=O) groups excluding carboxylic acids is 2. The lowest BCUT2D eigenvalue weighted by molar-refractivity contribution is -0.255. The van der Waals surface area contributed by atoms with Crippen molar-refractivity contribution in [3.63, 3.8) is 0 Å². The lowest BCUT2D eigenvalue weighted by Gasteiger charge is -2.71. The first-order valence-corrected chi connectivity index (χ1v) is 19.4. The highest BCUT2D eigenvalue weighted by molar-refractivity contribution is 5.78. The van der Waals surface area contributed by atoms with E-state index < -0.39 is 17.1 Å². The normalized spacial score (nSPS) is 42.0. The Morgan fingerprint density at radius 3 is 2.51 bits per heavy atom. The van der Waals surface area contributed by atoms with Crippen molar-refractivity contribution in [2.75, 3.05) is 13.7 Å². The Kier molecular flexibility index (Phi) is 9.78. The van der Waals surface area contributed by atoms with Gasteiger partial charge in [0.1, 0.15) is 5.82 Å². The van der Waals surface area contributed by atoms with Gasteiger partial charge in [0.15, 0.2) is 0 Å². The molecule has 1 saturated heterocycles. The molecule has 0 amide bonds. The summed E-state index contributed by atoms with van der Waals surface area (Å²) in [6, 6.07) is 0. The summed E-state index contributed by atoms with van der Waals surface area (Å²) in [5, 5.41) is 12.5. The molecule has 2 unspecified atom stereocenters. The number of ether oxygens (including phenoxy) is 3. The number of hydrogen-bond donors (Lipinski definition) is 1.